The van der Waals surface area contributed by atoms with Gasteiger partial charge in [-0.05, 0) is 28.7 Å². The quantitative estimate of drug-likeness (QED) is 0.671. The van der Waals surface area contributed by atoms with E-state index < -0.39 is 0 Å². The van der Waals surface area contributed by atoms with Crippen LogP contribution < -0.4 is 0 Å². The van der Waals surface area contributed by atoms with Crippen LogP contribution in [0.25, 0.3) is 11.0 Å². The van der Waals surface area contributed by atoms with Gasteiger partial charge in [-0.1, -0.05) is 57.2 Å². The SMILES string of the molecule is CC(C)(C)c1ccc2ncn(Cc3ccccc3)c2c1. The third kappa shape index (κ3) is 2.46. The smallest absolute Gasteiger partial charge is 0.0961 e. The summed E-state index contributed by atoms with van der Waals surface area (Å²) >= 11 is 0. The van der Waals surface area contributed by atoms with Crippen molar-refractivity contribution in [2.75, 3.05) is 0 Å². The molecule has 1 aromatic heterocycles. The van der Waals surface area contributed by atoms with E-state index in [2.05, 4.69) is 72.8 Å². The van der Waals surface area contributed by atoms with Gasteiger partial charge in [0.2, 0.25) is 0 Å². The van der Waals surface area contributed by atoms with Gasteiger partial charge in [-0.25, -0.2) is 4.98 Å². The van der Waals surface area contributed by atoms with Gasteiger partial charge in [0.25, 0.3) is 0 Å². The minimum atomic E-state index is 0.163. The first-order valence-electron chi connectivity index (χ1n) is 7.03. The zero-order valence-electron chi connectivity index (χ0n) is 12.3. The molecule has 20 heavy (non-hydrogen) atoms. The van der Waals surface area contributed by atoms with Crippen LogP contribution in [0.15, 0.2) is 54.9 Å². The van der Waals surface area contributed by atoms with Crippen molar-refractivity contribution in [2.24, 2.45) is 0 Å². The maximum atomic E-state index is 4.50. The molecule has 2 nitrogen and oxygen atoms in total. The van der Waals surface area contributed by atoms with Gasteiger partial charge in [-0.2, -0.15) is 0 Å². The molecule has 0 fully saturated rings. The van der Waals surface area contributed by atoms with Crippen LogP contribution in [0.2, 0.25) is 0 Å². The number of imidazole rings is 1. The number of benzene rings is 2. The highest BCUT2D eigenvalue weighted by Gasteiger charge is 2.15. The van der Waals surface area contributed by atoms with Crippen LogP contribution in [0, 0.1) is 0 Å². The average molecular weight is 264 g/mol. The molecule has 0 aliphatic heterocycles. The maximum absolute atomic E-state index is 4.50. The van der Waals surface area contributed by atoms with Crippen LogP contribution in [0.5, 0.6) is 0 Å². The Balaban J connectivity index is 2.03. The molecule has 0 N–H and O–H groups in total. The Bertz CT molecular complexity index is 718. The van der Waals surface area contributed by atoms with E-state index >= 15 is 0 Å². The van der Waals surface area contributed by atoms with Gasteiger partial charge >= 0.3 is 0 Å². The first kappa shape index (κ1) is 12.9. The summed E-state index contributed by atoms with van der Waals surface area (Å²) in [5.74, 6) is 0. The molecule has 102 valence electrons. The second-order valence-electron chi connectivity index (χ2n) is 6.31. The monoisotopic (exact) mass is 264 g/mol. The van der Waals surface area contributed by atoms with Crippen molar-refractivity contribution < 1.29 is 0 Å². The molecule has 2 heteroatoms. The summed E-state index contributed by atoms with van der Waals surface area (Å²) in [6.07, 6.45) is 1.93. The lowest BCUT2D eigenvalue weighted by molar-refractivity contribution is 0.590. The maximum Gasteiger partial charge on any atom is 0.0961 e. The van der Waals surface area contributed by atoms with Crippen LogP contribution in [-0.4, -0.2) is 9.55 Å². The molecule has 0 radical (unpaired) electrons. The van der Waals surface area contributed by atoms with Gasteiger partial charge in [-0.15, -0.1) is 0 Å². The van der Waals surface area contributed by atoms with E-state index in [0.29, 0.717) is 0 Å². The highest BCUT2D eigenvalue weighted by Crippen LogP contribution is 2.26. The van der Waals surface area contributed by atoms with Gasteiger partial charge in [0, 0.05) is 6.54 Å². The van der Waals surface area contributed by atoms with Gasteiger partial charge in [0.1, 0.15) is 0 Å². The van der Waals surface area contributed by atoms with Crippen molar-refractivity contribution in [3.63, 3.8) is 0 Å². The minimum Gasteiger partial charge on any atom is -0.326 e. The third-order valence-electron chi connectivity index (χ3n) is 3.68. The van der Waals surface area contributed by atoms with E-state index in [9.17, 15) is 0 Å². The number of nitrogens with zero attached hydrogens (tertiary/aromatic N) is 2. The van der Waals surface area contributed by atoms with Crippen molar-refractivity contribution in [3.8, 4) is 0 Å². The molecule has 0 unspecified atom stereocenters. The predicted octanol–water partition coefficient (Wildman–Crippen LogP) is 4.38. The molecule has 0 spiro atoms. The van der Waals surface area contributed by atoms with Gasteiger partial charge < -0.3 is 4.57 Å². The number of fused-ring (bicyclic) bond motifs is 1. The van der Waals surface area contributed by atoms with Gasteiger partial charge in [-0.3, -0.25) is 0 Å². The standard InChI is InChI=1S/C18H20N2/c1-18(2,3)15-9-10-16-17(11-15)20(13-19-16)12-14-7-5-4-6-8-14/h4-11,13H,12H2,1-3H3. The highest BCUT2D eigenvalue weighted by atomic mass is 15.0. The normalized spacial score (nSPS) is 11.9. The molecule has 2 aromatic carbocycles. The first-order chi connectivity index (χ1) is 9.54. The summed E-state index contributed by atoms with van der Waals surface area (Å²) in [5.41, 5.74) is 5.08. The lowest BCUT2D eigenvalue weighted by atomic mass is 9.87. The molecule has 0 saturated carbocycles. The zero-order chi connectivity index (χ0) is 14.2. The summed E-state index contributed by atoms with van der Waals surface area (Å²) in [6.45, 7) is 7.59. The van der Waals surface area contributed by atoms with E-state index in [1.807, 2.05) is 12.4 Å². The first-order valence-corrected chi connectivity index (χ1v) is 7.03. The molecule has 0 aliphatic rings. The van der Waals surface area contributed by atoms with E-state index in [1.54, 1.807) is 0 Å². The second-order valence-corrected chi connectivity index (χ2v) is 6.31. The molecule has 1 heterocycles. The number of hydrogen-bond acceptors (Lipinski definition) is 1. The molecule has 3 aromatic rings. The van der Waals surface area contributed by atoms with E-state index in [4.69, 9.17) is 0 Å². The van der Waals surface area contributed by atoms with E-state index in [-0.39, 0.29) is 5.41 Å². The van der Waals surface area contributed by atoms with Crippen molar-refractivity contribution in [1.29, 1.82) is 0 Å². The highest BCUT2D eigenvalue weighted by molar-refractivity contribution is 5.76. The van der Waals surface area contributed by atoms with Crippen LogP contribution >= 0.6 is 0 Å². The minimum absolute atomic E-state index is 0.163. The summed E-state index contributed by atoms with van der Waals surface area (Å²) in [4.78, 5) is 4.50. The third-order valence-corrected chi connectivity index (χ3v) is 3.68. The zero-order valence-corrected chi connectivity index (χ0v) is 12.3. The molecule has 0 aliphatic carbocycles. The van der Waals surface area contributed by atoms with Crippen molar-refractivity contribution in [3.05, 3.63) is 66.0 Å². The van der Waals surface area contributed by atoms with Crippen LogP contribution in [0.4, 0.5) is 0 Å². The van der Waals surface area contributed by atoms with Crippen molar-refractivity contribution >= 4 is 11.0 Å². The molecular weight excluding hydrogens is 244 g/mol. The van der Waals surface area contributed by atoms with E-state index in [1.165, 1.54) is 16.6 Å². The number of aromatic nitrogens is 2. The summed E-state index contributed by atoms with van der Waals surface area (Å²) in [6, 6.07) is 17.1. The largest absolute Gasteiger partial charge is 0.326 e. The lowest BCUT2D eigenvalue weighted by Gasteiger charge is -2.19. The van der Waals surface area contributed by atoms with Gasteiger partial charge in [0.15, 0.2) is 0 Å². The Morgan fingerprint density at radius 3 is 2.45 bits per heavy atom. The summed E-state index contributed by atoms with van der Waals surface area (Å²) < 4.78 is 2.22. The molecule has 3 rings (SSSR count). The number of hydrogen-bond donors (Lipinski definition) is 0. The fraction of sp³-hybridized carbons (Fsp3) is 0.278. The Morgan fingerprint density at radius 1 is 1.00 bits per heavy atom. The number of rotatable bonds is 2. The Kier molecular flexibility index (Phi) is 3.09. The Morgan fingerprint density at radius 2 is 1.75 bits per heavy atom. The van der Waals surface area contributed by atoms with Crippen LogP contribution in [0.3, 0.4) is 0 Å². The predicted molar refractivity (Wildman–Crippen MR) is 84.0 cm³/mol. The fourth-order valence-electron chi connectivity index (χ4n) is 2.43. The summed E-state index contributed by atoms with van der Waals surface area (Å²) in [5, 5.41) is 0. The molecule has 0 atom stereocenters. The molecular formula is C18H20N2. The van der Waals surface area contributed by atoms with Crippen LogP contribution in [0.1, 0.15) is 31.9 Å². The summed E-state index contributed by atoms with van der Waals surface area (Å²) in [7, 11) is 0. The second kappa shape index (κ2) is 4.78. The average Bonchev–Trinajstić information content (AvgIpc) is 2.82. The van der Waals surface area contributed by atoms with Crippen molar-refractivity contribution in [1.82, 2.24) is 9.55 Å². The van der Waals surface area contributed by atoms with E-state index in [0.717, 1.165) is 12.1 Å². The van der Waals surface area contributed by atoms with Crippen LogP contribution in [-0.2, 0) is 12.0 Å². The van der Waals surface area contributed by atoms with Crippen molar-refractivity contribution in [2.45, 2.75) is 32.7 Å². The lowest BCUT2D eigenvalue weighted by Crippen LogP contribution is -2.11. The fourth-order valence-corrected chi connectivity index (χ4v) is 2.43. The Hall–Kier alpha value is -2.09. The van der Waals surface area contributed by atoms with Gasteiger partial charge in [0.05, 0.1) is 17.4 Å². The topological polar surface area (TPSA) is 17.8 Å². The molecule has 0 bridgehead atoms. The Labute approximate surface area is 120 Å². The molecule has 0 saturated heterocycles. The molecule has 0 amide bonds.